The van der Waals surface area contributed by atoms with Gasteiger partial charge in [0.15, 0.2) is 11.9 Å². The number of carbonyl (C=O) groups is 3. The van der Waals surface area contributed by atoms with Crippen molar-refractivity contribution in [2.45, 2.75) is 20.0 Å². The van der Waals surface area contributed by atoms with E-state index in [1.165, 1.54) is 27.0 Å². The van der Waals surface area contributed by atoms with Crippen LogP contribution in [0.5, 0.6) is 5.75 Å². The number of anilines is 1. The van der Waals surface area contributed by atoms with E-state index in [9.17, 15) is 14.4 Å². The number of ketones is 1. The number of esters is 1. The molecule has 1 heterocycles. The molecule has 0 aliphatic rings. The summed E-state index contributed by atoms with van der Waals surface area (Å²) >= 11 is 0. The summed E-state index contributed by atoms with van der Waals surface area (Å²) in [5, 5.41) is 2.66. The van der Waals surface area contributed by atoms with Crippen molar-refractivity contribution >= 4 is 23.3 Å². The van der Waals surface area contributed by atoms with Crippen molar-refractivity contribution in [3.8, 4) is 17.1 Å². The van der Waals surface area contributed by atoms with E-state index >= 15 is 0 Å². The number of hydrogen-bond acceptors (Lipinski definition) is 6. The van der Waals surface area contributed by atoms with Gasteiger partial charge in [-0.25, -0.2) is 4.79 Å². The fraction of sp³-hybridized carbons (Fsp3) is 0.174. The minimum atomic E-state index is -1.05. The number of rotatable bonds is 7. The van der Waals surface area contributed by atoms with E-state index < -0.39 is 18.0 Å². The summed E-state index contributed by atoms with van der Waals surface area (Å²) in [7, 11) is 1.50. The van der Waals surface area contributed by atoms with Crippen LogP contribution in [0.3, 0.4) is 0 Å². The molecule has 0 radical (unpaired) electrons. The number of benzene rings is 2. The Balaban J connectivity index is 1.64. The lowest BCUT2D eigenvalue weighted by atomic mass is 10.1. The molecule has 0 fully saturated rings. The van der Waals surface area contributed by atoms with Crippen LogP contribution < -0.4 is 10.1 Å². The Labute approximate surface area is 173 Å². The molecule has 7 heteroatoms. The van der Waals surface area contributed by atoms with Crippen molar-refractivity contribution in [1.29, 1.82) is 0 Å². The molecule has 7 nitrogen and oxygen atoms in total. The fourth-order valence-electron chi connectivity index (χ4n) is 2.73. The lowest BCUT2D eigenvalue weighted by Crippen LogP contribution is -2.30. The summed E-state index contributed by atoms with van der Waals surface area (Å²) in [6.45, 7) is 2.95. The van der Waals surface area contributed by atoms with Gasteiger partial charge in [0.2, 0.25) is 5.76 Å². The molecule has 3 rings (SSSR count). The van der Waals surface area contributed by atoms with Gasteiger partial charge in [-0.2, -0.15) is 0 Å². The maximum atomic E-state index is 12.4. The van der Waals surface area contributed by atoms with E-state index in [2.05, 4.69) is 5.32 Å². The molecule has 0 unspecified atom stereocenters. The zero-order valence-electron chi connectivity index (χ0n) is 16.8. The Morgan fingerprint density at radius 1 is 0.967 bits per heavy atom. The minimum absolute atomic E-state index is 0.0300. The molecule has 0 bridgehead atoms. The molecular formula is C23H21NO6. The van der Waals surface area contributed by atoms with Crippen LogP contribution >= 0.6 is 0 Å². The molecule has 30 heavy (non-hydrogen) atoms. The number of hydrogen-bond donors (Lipinski definition) is 1. The van der Waals surface area contributed by atoms with Crippen molar-refractivity contribution in [2.24, 2.45) is 0 Å². The van der Waals surface area contributed by atoms with Crippen LogP contribution in [0.15, 0.2) is 65.1 Å². The summed E-state index contributed by atoms with van der Waals surface area (Å²) in [6, 6.07) is 16.8. The Bertz CT molecular complexity index is 1070. The number of Topliss-reactive ketones (excluding diaryl/α,β-unsaturated/α-hetero) is 1. The van der Waals surface area contributed by atoms with Gasteiger partial charge in [0.1, 0.15) is 11.5 Å². The number of furan rings is 1. The van der Waals surface area contributed by atoms with Gasteiger partial charge in [0.25, 0.3) is 5.91 Å². The molecule has 1 aromatic heterocycles. The number of carbonyl (C=O) groups excluding carboxylic acids is 3. The van der Waals surface area contributed by atoms with Gasteiger partial charge in [-0.1, -0.05) is 36.4 Å². The Hall–Kier alpha value is -3.87. The maximum Gasteiger partial charge on any atom is 0.375 e. The largest absolute Gasteiger partial charge is 0.495 e. The van der Waals surface area contributed by atoms with Gasteiger partial charge < -0.3 is 19.2 Å². The summed E-state index contributed by atoms with van der Waals surface area (Å²) in [5.74, 6) is -0.383. The SMILES string of the molecule is COc1ccccc1NC(=O)[C@@H](C)OC(=O)c1ccc(-c2ccc(C(C)=O)cc2)o1. The van der Waals surface area contributed by atoms with Crippen molar-refractivity contribution < 1.29 is 28.3 Å². The van der Waals surface area contributed by atoms with Crippen LogP contribution in [0.2, 0.25) is 0 Å². The predicted molar refractivity (Wildman–Crippen MR) is 111 cm³/mol. The third-order valence-electron chi connectivity index (χ3n) is 4.40. The normalized spacial score (nSPS) is 11.4. The zero-order valence-corrected chi connectivity index (χ0v) is 16.8. The van der Waals surface area contributed by atoms with Crippen LogP contribution in [0.4, 0.5) is 5.69 Å². The van der Waals surface area contributed by atoms with Crippen LogP contribution in [0.1, 0.15) is 34.8 Å². The molecule has 1 amide bonds. The molecule has 0 aliphatic heterocycles. The molecule has 1 N–H and O–H groups in total. The number of ether oxygens (including phenoxy) is 2. The molecule has 154 valence electrons. The number of amides is 1. The van der Waals surface area contributed by atoms with Gasteiger partial charge in [-0.3, -0.25) is 9.59 Å². The van der Waals surface area contributed by atoms with Crippen molar-refractivity contribution in [1.82, 2.24) is 0 Å². The van der Waals surface area contributed by atoms with Gasteiger partial charge in [-0.05, 0) is 38.1 Å². The third-order valence-corrected chi connectivity index (χ3v) is 4.40. The minimum Gasteiger partial charge on any atom is -0.495 e. The van der Waals surface area contributed by atoms with Gasteiger partial charge in [0, 0.05) is 11.1 Å². The molecule has 1 atom stereocenters. The van der Waals surface area contributed by atoms with Gasteiger partial charge in [-0.15, -0.1) is 0 Å². The van der Waals surface area contributed by atoms with E-state index in [0.29, 0.717) is 28.3 Å². The third kappa shape index (κ3) is 4.75. The predicted octanol–water partition coefficient (Wildman–Crippen LogP) is 4.34. The van der Waals surface area contributed by atoms with Gasteiger partial charge >= 0.3 is 5.97 Å². The van der Waals surface area contributed by atoms with E-state index in [1.807, 2.05) is 0 Å². The van der Waals surface area contributed by atoms with Gasteiger partial charge in [0.05, 0.1) is 12.8 Å². The van der Waals surface area contributed by atoms with Crippen LogP contribution in [-0.2, 0) is 9.53 Å². The van der Waals surface area contributed by atoms with Crippen LogP contribution in [0.25, 0.3) is 11.3 Å². The standard InChI is InChI=1S/C23H21NO6/c1-14(25)16-8-10-17(11-9-16)19-12-13-21(30-19)23(27)29-15(2)22(26)24-18-6-4-5-7-20(18)28-3/h4-13,15H,1-3H3,(H,24,26)/t15-/m1/s1. The topological polar surface area (TPSA) is 94.8 Å². The van der Waals surface area contributed by atoms with Crippen LogP contribution in [0, 0.1) is 0 Å². The summed E-state index contributed by atoms with van der Waals surface area (Å²) in [5.41, 5.74) is 1.77. The highest BCUT2D eigenvalue weighted by Crippen LogP contribution is 2.25. The highest BCUT2D eigenvalue weighted by atomic mass is 16.6. The molecule has 0 saturated heterocycles. The Kier molecular flexibility index (Phi) is 6.32. The first-order chi connectivity index (χ1) is 14.4. The highest BCUT2D eigenvalue weighted by Gasteiger charge is 2.22. The zero-order chi connectivity index (χ0) is 21.7. The number of para-hydroxylation sites is 2. The summed E-state index contributed by atoms with van der Waals surface area (Å²) < 4.78 is 16.0. The lowest BCUT2D eigenvalue weighted by Gasteiger charge is -2.14. The molecule has 0 saturated carbocycles. The van der Waals surface area contributed by atoms with Crippen molar-refractivity contribution in [3.05, 3.63) is 72.0 Å². The quantitative estimate of drug-likeness (QED) is 0.462. The second-order valence-electron chi connectivity index (χ2n) is 6.53. The Morgan fingerprint density at radius 3 is 2.33 bits per heavy atom. The van der Waals surface area contributed by atoms with E-state index in [-0.39, 0.29) is 11.5 Å². The fourth-order valence-corrected chi connectivity index (χ4v) is 2.73. The molecule has 3 aromatic rings. The average Bonchev–Trinajstić information content (AvgIpc) is 3.24. The smallest absolute Gasteiger partial charge is 0.375 e. The molecule has 2 aromatic carbocycles. The summed E-state index contributed by atoms with van der Waals surface area (Å²) in [4.78, 5) is 36.1. The molecular weight excluding hydrogens is 386 g/mol. The first-order valence-corrected chi connectivity index (χ1v) is 9.25. The first kappa shape index (κ1) is 20.9. The van der Waals surface area contributed by atoms with E-state index in [0.717, 1.165) is 0 Å². The highest BCUT2D eigenvalue weighted by molar-refractivity contribution is 5.97. The van der Waals surface area contributed by atoms with E-state index in [1.54, 1.807) is 54.6 Å². The second-order valence-corrected chi connectivity index (χ2v) is 6.53. The van der Waals surface area contributed by atoms with E-state index in [4.69, 9.17) is 13.9 Å². The van der Waals surface area contributed by atoms with Crippen molar-refractivity contribution in [2.75, 3.05) is 12.4 Å². The average molecular weight is 407 g/mol. The summed E-state index contributed by atoms with van der Waals surface area (Å²) in [6.07, 6.45) is -1.05. The molecule has 0 spiro atoms. The maximum absolute atomic E-state index is 12.4. The number of nitrogens with one attached hydrogen (secondary N) is 1. The number of methoxy groups -OCH3 is 1. The Morgan fingerprint density at radius 2 is 1.67 bits per heavy atom. The van der Waals surface area contributed by atoms with Crippen molar-refractivity contribution in [3.63, 3.8) is 0 Å². The lowest BCUT2D eigenvalue weighted by molar-refractivity contribution is -0.123. The second kappa shape index (κ2) is 9.09. The monoisotopic (exact) mass is 407 g/mol. The first-order valence-electron chi connectivity index (χ1n) is 9.25. The molecule has 0 aliphatic carbocycles. The van der Waals surface area contributed by atoms with Crippen LogP contribution in [-0.4, -0.2) is 30.9 Å².